The molecule has 5 nitrogen and oxygen atoms in total. The van der Waals surface area contributed by atoms with E-state index in [9.17, 15) is 10.1 Å². The summed E-state index contributed by atoms with van der Waals surface area (Å²) in [6.07, 6.45) is 0. The molecule has 0 aliphatic carbocycles. The van der Waals surface area contributed by atoms with Crippen LogP contribution in [0.25, 0.3) is 0 Å². The van der Waals surface area contributed by atoms with E-state index < -0.39 is 4.92 Å². The Balaban J connectivity index is 2.29. The Labute approximate surface area is 123 Å². The van der Waals surface area contributed by atoms with Crippen molar-refractivity contribution in [2.45, 2.75) is 19.8 Å². The van der Waals surface area contributed by atoms with Gasteiger partial charge in [0.25, 0.3) is 5.69 Å². The average molecular weight is 342 g/mol. The lowest BCUT2D eigenvalue weighted by molar-refractivity contribution is -0.384. The number of anilines is 2. The second kappa shape index (κ2) is 5.66. The number of halogens is 1. The second-order valence-corrected chi connectivity index (χ2v) is 6.05. The highest BCUT2D eigenvalue weighted by molar-refractivity contribution is 9.10. The molecule has 1 aromatic heterocycles. The maximum absolute atomic E-state index is 11.0. The van der Waals surface area contributed by atoms with Crippen LogP contribution < -0.4 is 5.32 Å². The Kier molecular flexibility index (Phi) is 4.16. The summed E-state index contributed by atoms with van der Waals surface area (Å²) in [6.45, 7) is 4.11. The van der Waals surface area contributed by atoms with Gasteiger partial charge in [-0.15, -0.1) is 11.3 Å². The summed E-state index contributed by atoms with van der Waals surface area (Å²) in [5.41, 5.74) is 1.45. The Hall–Kier alpha value is -1.47. The number of hydrogen-bond donors (Lipinski definition) is 1. The van der Waals surface area contributed by atoms with Gasteiger partial charge >= 0.3 is 0 Å². The normalized spacial score (nSPS) is 10.7. The number of rotatable bonds is 4. The van der Waals surface area contributed by atoms with Crippen molar-refractivity contribution in [1.29, 1.82) is 0 Å². The second-order valence-electron chi connectivity index (χ2n) is 4.28. The Bertz CT molecular complexity index is 613. The molecular weight excluding hydrogens is 330 g/mol. The fourth-order valence-electron chi connectivity index (χ4n) is 1.49. The maximum Gasteiger partial charge on any atom is 0.293 e. The fraction of sp³-hybridized carbons (Fsp3) is 0.250. The van der Waals surface area contributed by atoms with Crippen LogP contribution in [0.15, 0.2) is 28.1 Å². The van der Waals surface area contributed by atoms with Crippen LogP contribution in [-0.4, -0.2) is 9.91 Å². The fourth-order valence-corrected chi connectivity index (χ4v) is 2.72. The number of nitro benzene ring substituents is 1. The third-order valence-electron chi connectivity index (χ3n) is 2.51. The Morgan fingerprint density at radius 3 is 2.79 bits per heavy atom. The lowest BCUT2D eigenvalue weighted by atomic mass is 10.2. The summed E-state index contributed by atoms with van der Waals surface area (Å²) in [5.74, 6) is 0.340. The largest absolute Gasteiger partial charge is 0.326 e. The summed E-state index contributed by atoms with van der Waals surface area (Å²) < 4.78 is 0.673. The molecule has 100 valence electrons. The van der Waals surface area contributed by atoms with E-state index >= 15 is 0 Å². The molecule has 0 radical (unpaired) electrons. The molecule has 0 spiro atoms. The van der Waals surface area contributed by atoms with Crippen molar-refractivity contribution in [1.82, 2.24) is 4.98 Å². The van der Waals surface area contributed by atoms with Crippen LogP contribution in [0.2, 0.25) is 0 Å². The van der Waals surface area contributed by atoms with Gasteiger partial charge in [-0.3, -0.25) is 10.1 Å². The van der Waals surface area contributed by atoms with Crippen molar-refractivity contribution >= 4 is 43.8 Å². The first-order valence-electron chi connectivity index (χ1n) is 5.63. The molecule has 0 saturated carbocycles. The van der Waals surface area contributed by atoms with Crippen LogP contribution in [0.1, 0.15) is 25.5 Å². The highest BCUT2D eigenvalue weighted by Crippen LogP contribution is 2.32. The lowest BCUT2D eigenvalue weighted by Gasteiger charge is -2.04. The van der Waals surface area contributed by atoms with Gasteiger partial charge in [0.05, 0.1) is 10.6 Å². The van der Waals surface area contributed by atoms with Crippen molar-refractivity contribution in [3.8, 4) is 0 Å². The first-order valence-corrected chi connectivity index (χ1v) is 7.31. The Morgan fingerprint density at radius 2 is 2.21 bits per heavy atom. The van der Waals surface area contributed by atoms with Crippen molar-refractivity contribution in [2.75, 3.05) is 5.32 Å². The van der Waals surface area contributed by atoms with Crippen molar-refractivity contribution in [2.24, 2.45) is 0 Å². The number of hydrogen-bond acceptors (Lipinski definition) is 5. The van der Waals surface area contributed by atoms with E-state index in [0.29, 0.717) is 21.2 Å². The van der Waals surface area contributed by atoms with Crippen molar-refractivity contribution < 1.29 is 4.92 Å². The van der Waals surface area contributed by atoms with Gasteiger partial charge in [0.15, 0.2) is 5.13 Å². The minimum Gasteiger partial charge on any atom is -0.326 e. The Morgan fingerprint density at radius 1 is 1.47 bits per heavy atom. The van der Waals surface area contributed by atoms with E-state index in [-0.39, 0.29) is 5.69 Å². The molecule has 0 aliphatic heterocycles. The highest BCUT2D eigenvalue weighted by Gasteiger charge is 2.15. The molecule has 2 rings (SSSR count). The van der Waals surface area contributed by atoms with Gasteiger partial charge in [0.2, 0.25) is 0 Å². The smallest absolute Gasteiger partial charge is 0.293 e. The predicted molar refractivity (Wildman–Crippen MR) is 80.3 cm³/mol. The average Bonchev–Trinajstić information content (AvgIpc) is 2.80. The van der Waals surface area contributed by atoms with Crippen LogP contribution in [0.4, 0.5) is 16.5 Å². The minimum absolute atomic E-state index is 0.0238. The summed E-state index contributed by atoms with van der Waals surface area (Å²) >= 11 is 4.67. The lowest BCUT2D eigenvalue weighted by Crippen LogP contribution is -1.97. The topological polar surface area (TPSA) is 68.1 Å². The van der Waals surface area contributed by atoms with Gasteiger partial charge in [0, 0.05) is 15.9 Å². The standard InChI is InChI=1S/C12H12BrN3O2S/c1-7(2)10-6-19-12(15-10)14-9-4-3-8(13)5-11(9)16(17)18/h3-7H,1-2H3,(H,14,15). The molecule has 0 aliphatic rings. The molecule has 0 amide bonds. The number of nitro groups is 1. The molecule has 1 aromatic carbocycles. The summed E-state index contributed by atoms with van der Waals surface area (Å²) in [4.78, 5) is 15.0. The van der Waals surface area contributed by atoms with Crippen LogP contribution in [-0.2, 0) is 0 Å². The zero-order chi connectivity index (χ0) is 14.0. The van der Waals surface area contributed by atoms with Gasteiger partial charge < -0.3 is 5.32 Å². The molecule has 1 heterocycles. The number of nitrogens with zero attached hydrogens (tertiary/aromatic N) is 2. The number of nitrogens with one attached hydrogen (secondary N) is 1. The van der Waals surface area contributed by atoms with Crippen LogP contribution in [0, 0.1) is 10.1 Å². The third-order valence-corrected chi connectivity index (χ3v) is 3.78. The van der Waals surface area contributed by atoms with E-state index in [4.69, 9.17) is 0 Å². The molecule has 0 fully saturated rings. The van der Waals surface area contributed by atoms with E-state index in [1.54, 1.807) is 12.1 Å². The predicted octanol–water partition coefficient (Wildman–Crippen LogP) is 4.68. The van der Waals surface area contributed by atoms with Crippen LogP contribution in [0.3, 0.4) is 0 Å². The minimum atomic E-state index is -0.413. The van der Waals surface area contributed by atoms with Crippen molar-refractivity contribution in [3.05, 3.63) is 43.9 Å². The number of benzene rings is 1. The van der Waals surface area contributed by atoms with Gasteiger partial charge in [0.1, 0.15) is 5.69 Å². The van der Waals surface area contributed by atoms with Gasteiger partial charge in [-0.25, -0.2) is 4.98 Å². The van der Waals surface area contributed by atoms with Gasteiger partial charge in [-0.05, 0) is 18.1 Å². The van der Waals surface area contributed by atoms with Crippen molar-refractivity contribution in [3.63, 3.8) is 0 Å². The first-order chi connectivity index (χ1) is 8.97. The first kappa shape index (κ1) is 14.0. The zero-order valence-electron chi connectivity index (χ0n) is 10.4. The van der Waals surface area contributed by atoms with Gasteiger partial charge in [-0.2, -0.15) is 0 Å². The third kappa shape index (κ3) is 3.30. The monoisotopic (exact) mass is 341 g/mol. The van der Waals surface area contributed by atoms with E-state index in [2.05, 4.69) is 40.1 Å². The van der Waals surface area contributed by atoms with Crippen LogP contribution >= 0.6 is 27.3 Å². The molecule has 19 heavy (non-hydrogen) atoms. The quantitative estimate of drug-likeness (QED) is 0.647. The molecule has 7 heteroatoms. The number of aromatic nitrogens is 1. The number of thiazole rings is 1. The van der Waals surface area contributed by atoms with Crippen LogP contribution in [0.5, 0.6) is 0 Å². The molecule has 0 saturated heterocycles. The highest BCUT2D eigenvalue weighted by atomic mass is 79.9. The molecule has 2 aromatic rings. The maximum atomic E-state index is 11.0. The van der Waals surface area contributed by atoms with E-state index in [1.165, 1.54) is 17.4 Å². The molecule has 0 unspecified atom stereocenters. The molecule has 0 bridgehead atoms. The molecule has 0 atom stereocenters. The SMILES string of the molecule is CC(C)c1csc(Nc2ccc(Br)cc2[N+](=O)[O-])n1. The summed E-state index contributed by atoms with van der Waals surface area (Å²) in [7, 11) is 0. The summed E-state index contributed by atoms with van der Waals surface area (Å²) in [6, 6.07) is 4.89. The molecular formula is C12H12BrN3O2S. The van der Waals surface area contributed by atoms with E-state index in [0.717, 1.165) is 5.69 Å². The summed E-state index contributed by atoms with van der Waals surface area (Å²) in [5, 5.41) is 16.6. The zero-order valence-corrected chi connectivity index (χ0v) is 12.8. The molecule has 1 N–H and O–H groups in total. The van der Waals surface area contributed by atoms with Gasteiger partial charge in [-0.1, -0.05) is 29.8 Å². The van der Waals surface area contributed by atoms with E-state index in [1.807, 2.05) is 5.38 Å².